The van der Waals surface area contributed by atoms with Crippen molar-refractivity contribution in [1.82, 2.24) is 15.2 Å². The van der Waals surface area contributed by atoms with Crippen molar-refractivity contribution in [3.8, 4) is 0 Å². The van der Waals surface area contributed by atoms with E-state index in [1.54, 1.807) is 18.2 Å². The summed E-state index contributed by atoms with van der Waals surface area (Å²) >= 11 is 11.3. The van der Waals surface area contributed by atoms with E-state index in [-0.39, 0.29) is 0 Å². The molecule has 74 valence electrons. The van der Waals surface area contributed by atoms with Gasteiger partial charge in [0.2, 0.25) is 0 Å². The van der Waals surface area contributed by atoms with Gasteiger partial charge in [-0.2, -0.15) is 0 Å². The highest BCUT2D eigenvalue weighted by atomic mass is 35.5. The standard InChI is InChI=1S/C8H7Cl2N3O/c9-3-4-14-13-8-5-6(10)1-2-7(8)11-12-13/h1-2,5H,3-4H2. The van der Waals surface area contributed by atoms with Gasteiger partial charge in [0, 0.05) is 5.02 Å². The molecule has 0 unspecified atom stereocenters. The zero-order valence-electron chi connectivity index (χ0n) is 7.15. The Bertz CT molecular complexity index is 443. The molecule has 6 heteroatoms. The van der Waals surface area contributed by atoms with Gasteiger partial charge in [-0.25, -0.2) is 0 Å². The lowest BCUT2D eigenvalue weighted by atomic mass is 10.3. The molecule has 0 saturated carbocycles. The summed E-state index contributed by atoms with van der Waals surface area (Å²) in [5, 5.41) is 8.32. The third kappa shape index (κ3) is 1.76. The van der Waals surface area contributed by atoms with Gasteiger partial charge in [0.25, 0.3) is 0 Å². The number of nitrogens with zero attached hydrogens (tertiary/aromatic N) is 3. The number of alkyl halides is 1. The molecular formula is C8H7Cl2N3O. The Morgan fingerprint density at radius 1 is 1.43 bits per heavy atom. The predicted molar refractivity (Wildman–Crippen MR) is 54.7 cm³/mol. The van der Waals surface area contributed by atoms with Crippen molar-refractivity contribution >= 4 is 34.2 Å². The summed E-state index contributed by atoms with van der Waals surface area (Å²) in [6, 6.07) is 5.28. The van der Waals surface area contributed by atoms with E-state index < -0.39 is 0 Å². The van der Waals surface area contributed by atoms with Gasteiger partial charge in [0.1, 0.15) is 17.6 Å². The first-order valence-electron chi connectivity index (χ1n) is 4.01. The van der Waals surface area contributed by atoms with Gasteiger partial charge in [-0.1, -0.05) is 16.4 Å². The average molecular weight is 232 g/mol. The van der Waals surface area contributed by atoms with Crippen LogP contribution < -0.4 is 4.84 Å². The van der Waals surface area contributed by atoms with Crippen LogP contribution in [0.3, 0.4) is 0 Å². The summed E-state index contributed by atoms with van der Waals surface area (Å²) in [5.41, 5.74) is 1.48. The minimum absolute atomic E-state index is 0.381. The second-order valence-corrected chi connectivity index (χ2v) is 3.43. The Labute approximate surface area is 90.3 Å². The van der Waals surface area contributed by atoms with Gasteiger partial charge in [-0.3, -0.25) is 0 Å². The van der Waals surface area contributed by atoms with E-state index in [1.807, 2.05) is 0 Å². The van der Waals surface area contributed by atoms with Gasteiger partial charge >= 0.3 is 0 Å². The molecule has 0 radical (unpaired) electrons. The number of halogens is 2. The molecule has 14 heavy (non-hydrogen) atoms. The van der Waals surface area contributed by atoms with E-state index in [4.69, 9.17) is 28.0 Å². The lowest BCUT2D eigenvalue weighted by molar-refractivity contribution is 0.0994. The third-order valence-electron chi connectivity index (χ3n) is 1.67. The van der Waals surface area contributed by atoms with Crippen LogP contribution in [0.2, 0.25) is 5.02 Å². The number of fused-ring (bicyclic) bond motifs is 1. The summed E-state index contributed by atoms with van der Waals surface area (Å²) in [5.74, 6) is 0.405. The normalized spacial score (nSPS) is 10.7. The van der Waals surface area contributed by atoms with Crippen LogP contribution in [-0.4, -0.2) is 27.6 Å². The number of hydrogen-bond donors (Lipinski definition) is 0. The van der Waals surface area contributed by atoms with Crippen LogP contribution in [0, 0.1) is 0 Å². The number of aromatic nitrogens is 3. The van der Waals surface area contributed by atoms with Crippen LogP contribution >= 0.6 is 23.2 Å². The third-order valence-corrected chi connectivity index (χ3v) is 2.06. The maximum Gasteiger partial charge on any atom is 0.132 e. The number of hydrogen-bond acceptors (Lipinski definition) is 3. The zero-order chi connectivity index (χ0) is 9.97. The van der Waals surface area contributed by atoms with Gasteiger partial charge in [-0.15, -0.1) is 16.7 Å². The van der Waals surface area contributed by atoms with E-state index in [0.29, 0.717) is 17.5 Å². The number of rotatable bonds is 3. The molecule has 0 spiro atoms. The van der Waals surface area contributed by atoms with E-state index >= 15 is 0 Å². The van der Waals surface area contributed by atoms with Crippen LogP contribution in [-0.2, 0) is 0 Å². The molecule has 4 nitrogen and oxygen atoms in total. The van der Waals surface area contributed by atoms with Gasteiger partial charge in [0.15, 0.2) is 0 Å². The van der Waals surface area contributed by atoms with Crippen LogP contribution in [0.1, 0.15) is 0 Å². The first-order valence-corrected chi connectivity index (χ1v) is 4.93. The molecule has 1 aromatic heterocycles. The largest absolute Gasteiger partial charge is 0.394 e. The lowest BCUT2D eigenvalue weighted by Crippen LogP contribution is -2.15. The minimum Gasteiger partial charge on any atom is -0.394 e. The van der Waals surface area contributed by atoms with Crippen molar-refractivity contribution < 1.29 is 4.84 Å². The van der Waals surface area contributed by atoms with Crippen molar-refractivity contribution in [2.45, 2.75) is 0 Å². The highest BCUT2D eigenvalue weighted by Crippen LogP contribution is 2.16. The van der Waals surface area contributed by atoms with Crippen molar-refractivity contribution in [2.24, 2.45) is 0 Å². The fourth-order valence-corrected chi connectivity index (χ4v) is 1.32. The molecule has 0 saturated heterocycles. The summed E-state index contributed by atoms with van der Waals surface area (Å²) < 4.78 is 0. The molecule has 0 aliphatic heterocycles. The van der Waals surface area contributed by atoms with Crippen LogP contribution in [0.15, 0.2) is 18.2 Å². The van der Waals surface area contributed by atoms with Gasteiger partial charge in [-0.05, 0) is 23.4 Å². The second-order valence-electron chi connectivity index (χ2n) is 2.62. The molecule has 0 amide bonds. The van der Waals surface area contributed by atoms with Crippen molar-refractivity contribution in [1.29, 1.82) is 0 Å². The first-order chi connectivity index (χ1) is 6.81. The quantitative estimate of drug-likeness (QED) is 0.757. The molecule has 2 aromatic rings. The SMILES string of the molecule is ClCCOn1nnc2ccc(Cl)cc21. The smallest absolute Gasteiger partial charge is 0.132 e. The van der Waals surface area contributed by atoms with E-state index in [2.05, 4.69) is 10.3 Å². The zero-order valence-corrected chi connectivity index (χ0v) is 8.66. The lowest BCUT2D eigenvalue weighted by Gasteiger charge is -2.01. The molecule has 2 rings (SSSR count). The van der Waals surface area contributed by atoms with E-state index in [1.165, 1.54) is 4.85 Å². The predicted octanol–water partition coefficient (Wildman–Crippen LogP) is 1.75. The summed E-state index contributed by atoms with van der Waals surface area (Å²) in [7, 11) is 0. The molecule has 0 aliphatic carbocycles. The summed E-state index contributed by atoms with van der Waals surface area (Å²) in [6.07, 6.45) is 0. The molecule has 1 heterocycles. The van der Waals surface area contributed by atoms with Crippen molar-refractivity contribution in [2.75, 3.05) is 12.5 Å². The van der Waals surface area contributed by atoms with Gasteiger partial charge < -0.3 is 4.84 Å². The Morgan fingerprint density at radius 3 is 3.07 bits per heavy atom. The van der Waals surface area contributed by atoms with Crippen molar-refractivity contribution in [3.63, 3.8) is 0 Å². The van der Waals surface area contributed by atoms with Gasteiger partial charge in [0.05, 0.1) is 5.88 Å². The summed E-state index contributed by atoms with van der Waals surface area (Å²) in [4.78, 5) is 6.54. The highest BCUT2D eigenvalue weighted by Gasteiger charge is 2.04. The monoisotopic (exact) mass is 231 g/mol. The van der Waals surface area contributed by atoms with Crippen LogP contribution in [0.5, 0.6) is 0 Å². The summed E-state index contributed by atoms with van der Waals surface area (Å²) in [6.45, 7) is 0.381. The van der Waals surface area contributed by atoms with E-state index in [9.17, 15) is 0 Å². The molecule has 0 N–H and O–H groups in total. The molecule has 0 fully saturated rings. The fourth-order valence-electron chi connectivity index (χ4n) is 1.09. The first kappa shape index (κ1) is 9.55. The van der Waals surface area contributed by atoms with Crippen molar-refractivity contribution in [3.05, 3.63) is 23.2 Å². The molecule has 0 aliphatic rings. The highest BCUT2D eigenvalue weighted by molar-refractivity contribution is 6.31. The Morgan fingerprint density at radius 2 is 2.29 bits per heavy atom. The van der Waals surface area contributed by atoms with Crippen LogP contribution in [0.4, 0.5) is 0 Å². The number of benzene rings is 1. The molecular weight excluding hydrogens is 225 g/mol. The maximum atomic E-state index is 5.83. The van der Waals surface area contributed by atoms with Crippen LogP contribution in [0.25, 0.3) is 11.0 Å². The molecule has 1 aromatic carbocycles. The van der Waals surface area contributed by atoms with E-state index in [0.717, 1.165) is 11.0 Å². The molecule has 0 atom stereocenters. The fraction of sp³-hybridized carbons (Fsp3) is 0.250. The Balaban J connectivity index is 2.40. The second kappa shape index (κ2) is 4.02. The topological polar surface area (TPSA) is 39.9 Å². The maximum absolute atomic E-state index is 5.83. The molecule has 0 bridgehead atoms. The minimum atomic E-state index is 0.381. The Hall–Kier alpha value is -1.00. The average Bonchev–Trinajstić information content (AvgIpc) is 2.57. The Kier molecular flexibility index (Phi) is 2.74.